The van der Waals surface area contributed by atoms with Gasteiger partial charge in [0.05, 0.1) is 40.7 Å². The maximum absolute atomic E-state index is 15.4. The van der Waals surface area contributed by atoms with Gasteiger partial charge in [0.1, 0.15) is 11.9 Å². The summed E-state index contributed by atoms with van der Waals surface area (Å²) in [6.07, 6.45) is 5.46. The van der Waals surface area contributed by atoms with Crippen LogP contribution < -0.4 is 10.2 Å². The summed E-state index contributed by atoms with van der Waals surface area (Å²) in [6.45, 7) is 3.90. The molecule has 8 nitrogen and oxygen atoms in total. The first-order valence-electron chi connectivity index (χ1n) is 10.1. The van der Waals surface area contributed by atoms with Crippen LogP contribution in [0.3, 0.4) is 0 Å². The van der Waals surface area contributed by atoms with Crippen LogP contribution in [0.15, 0.2) is 24.8 Å². The zero-order valence-corrected chi connectivity index (χ0v) is 18.3. The summed E-state index contributed by atoms with van der Waals surface area (Å²) >= 11 is 6.50. The van der Waals surface area contributed by atoms with Crippen LogP contribution in [0, 0.1) is 11.7 Å². The van der Waals surface area contributed by atoms with Gasteiger partial charge in [-0.15, -0.1) is 0 Å². The van der Waals surface area contributed by atoms with E-state index >= 15 is 4.39 Å². The highest BCUT2D eigenvalue weighted by molar-refractivity contribution is 6.35. The van der Waals surface area contributed by atoms with Crippen molar-refractivity contribution in [2.45, 2.75) is 32.5 Å². The maximum Gasteiger partial charge on any atom is 0.231 e. The molecule has 32 heavy (non-hydrogen) atoms. The van der Waals surface area contributed by atoms with Crippen molar-refractivity contribution in [3.8, 4) is 11.3 Å². The number of hydrogen-bond donors (Lipinski definition) is 2. The average Bonchev–Trinajstić information content (AvgIpc) is 3.11. The van der Waals surface area contributed by atoms with Crippen LogP contribution in [0.4, 0.5) is 20.3 Å². The quantitative estimate of drug-likeness (QED) is 0.466. The zero-order valence-electron chi connectivity index (χ0n) is 17.5. The molecule has 0 radical (unpaired) electrons. The van der Waals surface area contributed by atoms with Crippen molar-refractivity contribution in [1.82, 2.24) is 24.6 Å². The second-order valence-corrected chi connectivity index (χ2v) is 8.60. The molecule has 11 heteroatoms. The molecule has 2 atom stereocenters. The molecule has 5 rings (SSSR count). The number of H-pyrrole nitrogens is 1. The number of rotatable bonds is 5. The summed E-state index contributed by atoms with van der Waals surface area (Å²) in [7, 11) is 1.79. The highest BCUT2D eigenvalue weighted by Crippen LogP contribution is 2.42. The Morgan fingerprint density at radius 1 is 1.38 bits per heavy atom. The van der Waals surface area contributed by atoms with E-state index in [9.17, 15) is 9.18 Å². The number of carbonyl (C=O) groups is 1. The lowest BCUT2D eigenvalue weighted by Gasteiger charge is -2.26. The van der Waals surface area contributed by atoms with Crippen molar-refractivity contribution in [3.63, 3.8) is 0 Å². The van der Waals surface area contributed by atoms with E-state index < -0.39 is 23.8 Å². The number of anilines is 2. The van der Waals surface area contributed by atoms with Crippen LogP contribution in [0.1, 0.15) is 20.3 Å². The molecule has 0 bridgehead atoms. The van der Waals surface area contributed by atoms with Crippen molar-refractivity contribution < 1.29 is 13.6 Å². The van der Waals surface area contributed by atoms with Crippen LogP contribution in [0.5, 0.6) is 0 Å². The Hall–Kier alpha value is -3.27. The third-order valence-corrected chi connectivity index (χ3v) is 6.15. The van der Waals surface area contributed by atoms with Gasteiger partial charge >= 0.3 is 0 Å². The van der Waals surface area contributed by atoms with Crippen LogP contribution in [-0.2, 0) is 4.79 Å². The van der Waals surface area contributed by atoms with Crippen LogP contribution >= 0.6 is 11.6 Å². The molecule has 1 aromatic carbocycles. The minimum absolute atomic E-state index is 0.0373. The topological polar surface area (TPSA) is 91.2 Å². The number of halogens is 3. The van der Waals surface area contributed by atoms with Gasteiger partial charge in [0, 0.05) is 30.2 Å². The Morgan fingerprint density at radius 2 is 2.12 bits per heavy atom. The molecular weight excluding hydrogens is 440 g/mol. The summed E-state index contributed by atoms with van der Waals surface area (Å²) in [4.78, 5) is 22.5. The number of hydrogen-bond acceptors (Lipinski definition) is 5. The van der Waals surface area contributed by atoms with Gasteiger partial charge in [-0.25, -0.2) is 13.8 Å². The lowest BCUT2D eigenvalue weighted by molar-refractivity contribution is -0.117. The van der Waals surface area contributed by atoms with Gasteiger partial charge in [-0.2, -0.15) is 5.10 Å². The van der Waals surface area contributed by atoms with Gasteiger partial charge in [0.2, 0.25) is 5.91 Å². The first-order valence-corrected chi connectivity index (χ1v) is 10.5. The molecule has 4 aromatic rings. The number of imidazole rings is 1. The molecule has 1 fully saturated rings. The number of amides is 1. The molecule has 1 saturated carbocycles. The number of aromatic nitrogens is 5. The summed E-state index contributed by atoms with van der Waals surface area (Å²) in [5.74, 6) is -1.30. The minimum Gasteiger partial charge on any atom is -0.368 e. The third kappa shape index (κ3) is 3.26. The van der Waals surface area contributed by atoms with E-state index in [-0.39, 0.29) is 23.3 Å². The molecule has 3 aromatic heterocycles. The molecule has 1 amide bonds. The highest BCUT2D eigenvalue weighted by atomic mass is 35.5. The van der Waals surface area contributed by atoms with Crippen molar-refractivity contribution in [3.05, 3.63) is 35.6 Å². The van der Waals surface area contributed by atoms with Crippen LogP contribution in [-0.4, -0.2) is 49.7 Å². The lowest BCUT2D eigenvalue weighted by Crippen LogP contribution is -2.27. The van der Waals surface area contributed by atoms with Crippen molar-refractivity contribution in [2.24, 2.45) is 5.92 Å². The van der Waals surface area contributed by atoms with E-state index in [4.69, 9.17) is 11.6 Å². The number of nitrogens with one attached hydrogen (secondary N) is 2. The summed E-state index contributed by atoms with van der Waals surface area (Å²) in [5, 5.41) is 10.1. The van der Waals surface area contributed by atoms with Crippen molar-refractivity contribution in [1.29, 1.82) is 0 Å². The van der Waals surface area contributed by atoms with Crippen LogP contribution in [0.25, 0.3) is 27.8 Å². The Kier molecular flexibility index (Phi) is 4.77. The Bertz CT molecular complexity index is 1370. The second kappa shape index (κ2) is 7.40. The van der Waals surface area contributed by atoms with Gasteiger partial charge in [-0.05, 0) is 20.3 Å². The maximum atomic E-state index is 15.4. The first kappa shape index (κ1) is 20.6. The molecular formula is C21H20ClF2N7O. The molecule has 1 aliphatic carbocycles. The second-order valence-electron chi connectivity index (χ2n) is 8.23. The van der Waals surface area contributed by atoms with E-state index in [0.29, 0.717) is 33.5 Å². The van der Waals surface area contributed by atoms with E-state index in [0.717, 1.165) is 0 Å². The zero-order chi connectivity index (χ0) is 22.7. The van der Waals surface area contributed by atoms with Crippen molar-refractivity contribution in [2.75, 3.05) is 17.3 Å². The summed E-state index contributed by atoms with van der Waals surface area (Å²) in [6, 6.07) is 0.0373. The van der Waals surface area contributed by atoms with Gasteiger partial charge in [0.15, 0.2) is 17.3 Å². The van der Waals surface area contributed by atoms with E-state index in [1.807, 2.05) is 13.8 Å². The largest absolute Gasteiger partial charge is 0.368 e. The Balaban J connectivity index is 1.58. The van der Waals surface area contributed by atoms with E-state index in [2.05, 4.69) is 25.5 Å². The first-order chi connectivity index (χ1) is 15.3. The average molecular weight is 460 g/mol. The molecule has 166 valence electrons. The van der Waals surface area contributed by atoms with Crippen molar-refractivity contribution >= 4 is 45.6 Å². The number of benzene rings is 1. The predicted molar refractivity (Wildman–Crippen MR) is 118 cm³/mol. The van der Waals surface area contributed by atoms with Gasteiger partial charge in [-0.1, -0.05) is 11.6 Å². The molecule has 0 aliphatic heterocycles. The fraction of sp³-hybridized carbons (Fsp3) is 0.333. The molecule has 0 spiro atoms. The fourth-order valence-electron chi connectivity index (χ4n) is 3.68. The Labute approximate surface area is 186 Å². The monoisotopic (exact) mass is 459 g/mol. The molecule has 1 aliphatic rings. The third-order valence-electron chi connectivity index (χ3n) is 5.79. The van der Waals surface area contributed by atoms with Gasteiger partial charge in [-0.3, -0.25) is 14.9 Å². The summed E-state index contributed by atoms with van der Waals surface area (Å²) < 4.78 is 30.2. The number of fused-ring (bicyclic) bond motifs is 2. The molecule has 2 N–H and O–H groups in total. The molecule has 2 unspecified atom stereocenters. The smallest absolute Gasteiger partial charge is 0.231 e. The highest BCUT2D eigenvalue weighted by Gasteiger charge is 2.43. The molecule has 3 heterocycles. The normalized spacial score (nSPS) is 18.0. The molecule has 0 saturated heterocycles. The lowest BCUT2D eigenvalue weighted by atomic mass is 10.0. The van der Waals surface area contributed by atoms with Gasteiger partial charge in [0.25, 0.3) is 0 Å². The predicted octanol–water partition coefficient (Wildman–Crippen LogP) is 4.21. The number of nitrogens with zero attached hydrogens (tertiary/aromatic N) is 5. The Morgan fingerprint density at radius 3 is 2.81 bits per heavy atom. The number of alkyl halides is 1. The SMILES string of the molecule is CC(C)N(C)c1c(F)c(Cl)c(-c2cn3cc(NC(=O)C4CC4F)nc3cn2)c2cn[nH]c12. The van der Waals surface area contributed by atoms with E-state index in [1.54, 1.807) is 34.9 Å². The fourth-order valence-corrected chi connectivity index (χ4v) is 3.97. The van der Waals surface area contributed by atoms with E-state index in [1.165, 1.54) is 6.20 Å². The van der Waals surface area contributed by atoms with Crippen LogP contribution in [0.2, 0.25) is 5.02 Å². The summed E-state index contributed by atoms with van der Waals surface area (Å²) in [5.41, 5.74) is 2.12. The standard InChI is InChI=1S/C21H20ClF2N7O/c1-9(2)30(3)20-18(24)17(22)16(11-5-26-29-19(11)20)13-7-31-8-14(27-15(31)6-25-13)28-21(32)10-4-12(10)23/h5-10,12H,4H2,1-3H3,(H,26,29)(H,28,32). The van der Waals surface area contributed by atoms with Gasteiger partial charge < -0.3 is 14.6 Å². The minimum atomic E-state index is -1.09. The number of carbonyl (C=O) groups excluding carboxylic acids is 1. The number of aromatic amines is 1.